The molecule has 0 fully saturated rings. The van der Waals surface area contributed by atoms with E-state index in [0.717, 1.165) is 22.4 Å². The van der Waals surface area contributed by atoms with Gasteiger partial charge in [-0.1, -0.05) is 24.3 Å². The molecule has 13 heavy (non-hydrogen) atoms. The number of benzene rings is 1. The number of hydrogen-bond acceptors (Lipinski definition) is 3. The van der Waals surface area contributed by atoms with Crippen LogP contribution in [0.3, 0.4) is 0 Å². The number of aliphatic imine (C=N–C) groups is 1. The van der Waals surface area contributed by atoms with Gasteiger partial charge in [-0.15, -0.1) is 0 Å². The third-order valence-electron chi connectivity index (χ3n) is 2.43. The van der Waals surface area contributed by atoms with Gasteiger partial charge >= 0.3 is 0 Å². The van der Waals surface area contributed by atoms with E-state index < -0.39 is 5.29 Å². The van der Waals surface area contributed by atoms with Gasteiger partial charge in [-0.05, 0) is 11.1 Å². The lowest BCUT2D eigenvalue weighted by Crippen LogP contribution is -2.34. The Kier molecular flexibility index (Phi) is 1.88. The average Bonchev–Trinajstić information content (AvgIpc) is 2.46. The largest absolute Gasteiger partial charge is 0.289 e. The standard InChI is InChI=1S/C9H10N2OSi/c12-6-11-9(13)8-4-2-1-3-7(8)5-10-9/h1-4,10H,5H2,13H3. The van der Waals surface area contributed by atoms with E-state index in [1.807, 2.05) is 18.2 Å². The molecule has 0 amide bonds. The SMILES string of the molecule is O=C=NC1([SiH3])NCc2ccccc21. The fraction of sp³-hybridized carbons (Fsp3) is 0.222. The molecule has 1 atom stereocenters. The Morgan fingerprint density at radius 2 is 2.31 bits per heavy atom. The van der Waals surface area contributed by atoms with Crippen LogP contribution >= 0.6 is 0 Å². The van der Waals surface area contributed by atoms with Crippen LogP contribution in [-0.2, 0) is 16.6 Å². The Balaban J connectivity index is 2.54. The number of rotatable bonds is 1. The molecule has 0 saturated carbocycles. The molecule has 1 aliphatic rings. The van der Waals surface area contributed by atoms with Gasteiger partial charge in [0.15, 0.2) is 0 Å². The van der Waals surface area contributed by atoms with E-state index in [4.69, 9.17) is 0 Å². The van der Waals surface area contributed by atoms with Gasteiger partial charge in [-0.25, -0.2) is 4.79 Å². The zero-order chi connectivity index (χ0) is 9.31. The quantitative estimate of drug-likeness (QED) is 0.372. The lowest BCUT2D eigenvalue weighted by atomic mass is 10.1. The molecule has 1 aromatic rings. The van der Waals surface area contributed by atoms with Crippen LogP contribution in [0.2, 0.25) is 0 Å². The summed E-state index contributed by atoms with van der Waals surface area (Å²) in [7, 11) is 0.778. The van der Waals surface area contributed by atoms with Crippen molar-refractivity contribution in [3.05, 3.63) is 35.4 Å². The fourth-order valence-electron chi connectivity index (χ4n) is 1.70. The summed E-state index contributed by atoms with van der Waals surface area (Å²) in [6.07, 6.45) is 1.64. The van der Waals surface area contributed by atoms with Crippen LogP contribution < -0.4 is 5.32 Å². The zero-order valence-electron chi connectivity index (χ0n) is 7.37. The smallest absolute Gasteiger partial charge is 0.236 e. The maximum Gasteiger partial charge on any atom is 0.236 e. The molecular formula is C9H10N2OSi. The Morgan fingerprint density at radius 3 is 3.08 bits per heavy atom. The number of carbonyl (C=O) groups excluding carboxylic acids is 1. The van der Waals surface area contributed by atoms with Gasteiger partial charge in [0.25, 0.3) is 0 Å². The zero-order valence-corrected chi connectivity index (χ0v) is 9.37. The first-order valence-corrected chi connectivity index (χ1v) is 5.19. The molecule has 2 rings (SSSR count). The minimum absolute atomic E-state index is 0.432. The van der Waals surface area contributed by atoms with Crippen LogP contribution in [-0.4, -0.2) is 16.3 Å². The van der Waals surface area contributed by atoms with Crippen molar-refractivity contribution in [1.82, 2.24) is 5.32 Å². The van der Waals surface area contributed by atoms with Crippen LogP contribution in [0, 0.1) is 0 Å². The fourth-order valence-corrected chi connectivity index (χ4v) is 2.46. The molecule has 1 heterocycles. The molecular weight excluding hydrogens is 180 g/mol. The van der Waals surface area contributed by atoms with E-state index >= 15 is 0 Å². The highest BCUT2D eigenvalue weighted by Crippen LogP contribution is 2.28. The average molecular weight is 190 g/mol. The summed E-state index contributed by atoms with van der Waals surface area (Å²) in [4.78, 5) is 14.1. The number of nitrogens with zero attached hydrogens (tertiary/aromatic N) is 1. The minimum atomic E-state index is -0.432. The van der Waals surface area contributed by atoms with Gasteiger partial charge in [0.05, 0.1) is 10.2 Å². The van der Waals surface area contributed by atoms with Crippen molar-refractivity contribution in [3.63, 3.8) is 0 Å². The number of isocyanates is 1. The van der Waals surface area contributed by atoms with Crippen molar-refractivity contribution in [2.75, 3.05) is 0 Å². The van der Waals surface area contributed by atoms with Crippen LogP contribution in [0.5, 0.6) is 0 Å². The molecule has 3 nitrogen and oxygen atoms in total. The number of nitrogens with one attached hydrogen (secondary N) is 1. The first-order chi connectivity index (χ1) is 6.26. The van der Waals surface area contributed by atoms with E-state index in [-0.39, 0.29) is 0 Å². The predicted octanol–water partition coefficient (Wildman–Crippen LogP) is -0.399. The highest BCUT2D eigenvalue weighted by Gasteiger charge is 2.32. The van der Waals surface area contributed by atoms with E-state index in [0.29, 0.717) is 0 Å². The van der Waals surface area contributed by atoms with Crippen molar-refractivity contribution in [2.45, 2.75) is 11.8 Å². The van der Waals surface area contributed by atoms with E-state index in [9.17, 15) is 4.79 Å². The molecule has 0 saturated heterocycles. The summed E-state index contributed by atoms with van der Waals surface area (Å²) in [6, 6.07) is 8.04. The van der Waals surface area contributed by atoms with Gasteiger partial charge in [-0.2, -0.15) is 4.99 Å². The maximum atomic E-state index is 10.3. The Bertz CT molecular complexity index is 387. The molecule has 0 aliphatic carbocycles. The molecule has 1 N–H and O–H groups in total. The lowest BCUT2D eigenvalue weighted by Gasteiger charge is -2.18. The molecule has 0 radical (unpaired) electrons. The molecule has 1 aliphatic heterocycles. The van der Waals surface area contributed by atoms with E-state index in [2.05, 4.69) is 16.4 Å². The second-order valence-electron chi connectivity index (χ2n) is 3.29. The third-order valence-corrected chi connectivity index (χ3v) is 3.55. The summed E-state index contributed by atoms with van der Waals surface area (Å²) in [5, 5.41) is 2.80. The van der Waals surface area contributed by atoms with Gasteiger partial charge in [0.1, 0.15) is 5.29 Å². The first-order valence-electron chi connectivity index (χ1n) is 4.19. The summed E-state index contributed by atoms with van der Waals surface area (Å²) < 4.78 is 0. The van der Waals surface area contributed by atoms with Crippen LogP contribution in [0.15, 0.2) is 29.3 Å². The van der Waals surface area contributed by atoms with Crippen molar-refractivity contribution < 1.29 is 4.79 Å². The molecule has 66 valence electrons. The minimum Gasteiger partial charge on any atom is -0.289 e. The second-order valence-corrected chi connectivity index (χ2v) is 4.73. The normalized spacial score (nSPS) is 25.2. The molecule has 0 aromatic heterocycles. The van der Waals surface area contributed by atoms with Crippen molar-refractivity contribution >= 4 is 16.3 Å². The Morgan fingerprint density at radius 1 is 1.54 bits per heavy atom. The summed E-state index contributed by atoms with van der Waals surface area (Å²) in [6.45, 7) is 0.796. The summed E-state index contributed by atoms with van der Waals surface area (Å²) >= 11 is 0. The molecule has 0 bridgehead atoms. The number of fused-ring (bicyclic) bond motifs is 1. The molecule has 4 heteroatoms. The topological polar surface area (TPSA) is 41.5 Å². The Labute approximate surface area is 79.3 Å². The maximum absolute atomic E-state index is 10.3. The van der Waals surface area contributed by atoms with Crippen LogP contribution in [0.1, 0.15) is 11.1 Å². The first kappa shape index (κ1) is 8.38. The predicted molar refractivity (Wildman–Crippen MR) is 53.0 cm³/mol. The van der Waals surface area contributed by atoms with Crippen LogP contribution in [0.25, 0.3) is 0 Å². The lowest BCUT2D eigenvalue weighted by molar-refractivity contribution is 0.516. The highest BCUT2D eigenvalue weighted by atomic mass is 28.1. The van der Waals surface area contributed by atoms with Crippen molar-refractivity contribution in [1.29, 1.82) is 0 Å². The molecule has 0 spiro atoms. The summed E-state index contributed by atoms with van der Waals surface area (Å²) in [5.41, 5.74) is 2.36. The molecule has 1 unspecified atom stereocenters. The summed E-state index contributed by atoms with van der Waals surface area (Å²) in [5.74, 6) is 0. The van der Waals surface area contributed by atoms with E-state index in [1.165, 1.54) is 5.56 Å². The van der Waals surface area contributed by atoms with Gasteiger partial charge in [-0.3, -0.25) is 5.32 Å². The van der Waals surface area contributed by atoms with Gasteiger partial charge in [0, 0.05) is 6.54 Å². The van der Waals surface area contributed by atoms with Gasteiger partial charge in [0.2, 0.25) is 6.08 Å². The Hall–Kier alpha value is -1.22. The highest BCUT2D eigenvalue weighted by molar-refractivity contribution is 6.16. The van der Waals surface area contributed by atoms with Crippen molar-refractivity contribution in [2.24, 2.45) is 4.99 Å². The number of hydrogen-bond donors (Lipinski definition) is 1. The monoisotopic (exact) mass is 190 g/mol. The third kappa shape index (κ3) is 1.25. The van der Waals surface area contributed by atoms with Crippen molar-refractivity contribution in [3.8, 4) is 0 Å². The second kappa shape index (κ2) is 2.92. The molecule has 1 aromatic carbocycles. The van der Waals surface area contributed by atoms with Crippen LogP contribution in [0.4, 0.5) is 0 Å². The van der Waals surface area contributed by atoms with Gasteiger partial charge < -0.3 is 0 Å². The van der Waals surface area contributed by atoms with E-state index in [1.54, 1.807) is 6.08 Å².